The molecule has 0 aromatic carbocycles. The van der Waals surface area contributed by atoms with Crippen molar-refractivity contribution >= 4 is 40.2 Å². The molecule has 15 heteroatoms. The molecule has 32 heavy (non-hydrogen) atoms. The minimum atomic E-state index is -0.627. The molecule has 0 aliphatic carbocycles. The minimum absolute atomic E-state index is 0.121. The van der Waals surface area contributed by atoms with Crippen molar-refractivity contribution in [2.75, 3.05) is 13.1 Å². The Hall–Kier alpha value is -3.37. The Morgan fingerprint density at radius 3 is 2.53 bits per heavy atom. The van der Waals surface area contributed by atoms with E-state index in [1.807, 2.05) is 13.8 Å². The van der Waals surface area contributed by atoms with E-state index in [9.17, 15) is 19.7 Å². The fourth-order valence-corrected chi connectivity index (χ4v) is 3.15. The molecule has 0 spiro atoms. The van der Waals surface area contributed by atoms with Crippen LogP contribution < -0.4 is 10.6 Å². The zero-order valence-corrected chi connectivity index (χ0v) is 19.6. The van der Waals surface area contributed by atoms with Crippen LogP contribution in [0.25, 0.3) is 0 Å². The topological polar surface area (TPSA) is 176 Å². The van der Waals surface area contributed by atoms with Crippen molar-refractivity contribution < 1.29 is 19.0 Å². The molecular formula is C17H20IN9O5. The van der Waals surface area contributed by atoms with E-state index < -0.39 is 16.7 Å². The van der Waals surface area contributed by atoms with Crippen LogP contribution in [0.5, 0.6) is 0 Å². The van der Waals surface area contributed by atoms with E-state index in [0.29, 0.717) is 11.5 Å². The van der Waals surface area contributed by atoms with Crippen molar-refractivity contribution in [1.29, 1.82) is 0 Å². The third kappa shape index (κ3) is 5.45. The first-order chi connectivity index (χ1) is 15.2. The van der Waals surface area contributed by atoms with Gasteiger partial charge in [0.2, 0.25) is 5.91 Å². The van der Waals surface area contributed by atoms with Gasteiger partial charge in [0.1, 0.15) is 13.1 Å². The molecule has 0 radical (unpaired) electrons. The van der Waals surface area contributed by atoms with E-state index in [-0.39, 0.29) is 37.9 Å². The number of amides is 2. The van der Waals surface area contributed by atoms with E-state index >= 15 is 0 Å². The molecule has 0 bridgehead atoms. The van der Waals surface area contributed by atoms with Gasteiger partial charge in [0.05, 0.1) is 26.1 Å². The summed E-state index contributed by atoms with van der Waals surface area (Å²) in [7, 11) is 0. The van der Waals surface area contributed by atoms with E-state index in [1.54, 1.807) is 11.6 Å². The third-order valence-electron chi connectivity index (χ3n) is 4.43. The number of rotatable bonds is 9. The molecule has 0 saturated carbocycles. The van der Waals surface area contributed by atoms with Gasteiger partial charge in [0, 0.05) is 18.8 Å². The normalized spacial score (nSPS) is 10.9. The highest BCUT2D eigenvalue weighted by molar-refractivity contribution is 14.1. The quantitative estimate of drug-likeness (QED) is 0.164. The van der Waals surface area contributed by atoms with Crippen LogP contribution in [0.4, 0.5) is 5.82 Å². The van der Waals surface area contributed by atoms with E-state index in [0.717, 1.165) is 15.0 Å². The highest BCUT2D eigenvalue weighted by atomic mass is 127. The van der Waals surface area contributed by atoms with Crippen molar-refractivity contribution in [3.8, 4) is 0 Å². The number of hydrogen-bond acceptors (Lipinski definition) is 9. The maximum absolute atomic E-state index is 12.2. The standard InChI is InChI=1S/C17H20IN9O5/c1-9-6-13(27(30)31)23-25(9)8-14(28)19-4-5-20-16(29)17-21-12(24-32-17)7-26-11(3)15(18)10(2)22-26/h6H,4-5,7-8H2,1-3H3,(H,19,28)(H,20,29). The van der Waals surface area contributed by atoms with Crippen molar-refractivity contribution in [2.45, 2.75) is 33.9 Å². The van der Waals surface area contributed by atoms with Gasteiger partial charge in [-0.15, -0.1) is 0 Å². The summed E-state index contributed by atoms with van der Waals surface area (Å²) in [5.41, 5.74) is 2.35. The lowest BCUT2D eigenvalue weighted by Gasteiger charge is -2.05. The smallest absolute Gasteiger partial charge is 0.358 e. The Kier molecular flexibility index (Phi) is 7.16. The molecule has 0 aliphatic heterocycles. The average Bonchev–Trinajstić information content (AvgIpc) is 3.41. The molecule has 3 heterocycles. The second-order valence-corrected chi connectivity index (χ2v) is 7.90. The summed E-state index contributed by atoms with van der Waals surface area (Å²) >= 11 is 2.21. The van der Waals surface area contributed by atoms with Gasteiger partial charge >= 0.3 is 17.6 Å². The molecule has 2 N–H and O–H groups in total. The lowest BCUT2D eigenvalue weighted by atomic mass is 10.4. The predicted octanol–water partition coefficient (Wildman–Crippen LogP) is 0.495. The Balaban J connectivity index is 1.44. The number of carbonyl (C=O) groups excluding carboxylic acids is 2. The molecule has 0 atom stereocenters. The number of aryl methyl sites for hydroxylation is 2. The first kappa shape index (κ1) is 23.3. The van der Waals surface area contributed by atoms with Gasteiger partial charge in [0.15, 0.2) is 5.82 Å². The van der Waals surface area contributed by atoms with Crippen molar-refractivity contribution in [1.82, 2.24) is 40.3 Å². The predicted molar refractivity (Wildman–Crippen MR) is 117 cm³/mol. The van der Waals surface area contributed by atoms with Gasteiger partial charge < -0.3 is 25.3 Å². The van der Waals surface area contributed by atoms with Crippen molar-refractivity contribution in [3.63, 3.8) is 0 Å². The number of halogens is 1. The molecule has 14 nitrogen and oxygen atoms in total. The van der Waals surface area contributed by atoms with Crippen molar-refractivity contribution in [2.24, 2.45) is 0 Å². The second kappa shape index (κ2) is 9.84. The van der Waals surface area contributed by atoms with Gasteiger partial charge in [0.25, 0.3) is 0 Å². The molecule has 2 amide bonds. The molecular weight excluding hydrogens is 537 g/mol. The number of aromatic nitrogens is 6. The summed E-state index contributed by atoms with van der Waals surface area (Å²) < 4.78 is 9.01. The van der Waals surface area contributed by atoms with Gasteiger partial charge in [-0.1, -0.05) is 5.16 Å². The van der Waals surface area contributed by atoms with E-state index in [4.69, 9.17) is 4.52 Å². The van der Waals surface area contributed by atoms with Crippen LogP contribution in [-0.4, -0.2) is 59.5 Å². The molecule has 3 aromatic rings. The largest absolute Gasteiger partial charge is 0.390 e. The lowest BCUT2D eigenvalue weighted by Crippen LogP contribution is -2.36. The summed E-state index contributed by atoms with van der Waals surface area (Å²) in [6.07, 6.45) is 0. The molecule has 3 rings (SSSR count). The number of nitrogens with zero attached hydrogens (tertiary/aromatic N) is 7. The molecule has 0 fully saturated rings. The van der Waals surface area contributed by atoms with Crippen LogP contribution in [0.2, 0.25) is 0 Å². The summed E-state index contributed by atoms with van der Waals surface area (Å²) in [6.45, 7) is 5.80. The molecule has 0 aliphatic rings. The van der Waals surface area contributed by atoms with Gasteiger partial charge in [-0.05, 0) is 48.3 Å². The van der Waals surface area contributed by atoms with Crippen LogP contribution in [-0.2, 0) is 17.9 Å². The summed E-state index contributed by atoms with van der Waals surface area (Å²) in [6, 6.07) is 1.28. The lowest BCUT2D eigenvalue weighted by molar-refractivity contribution is -0.389. The SMILES string of the molecule is Cc1nn(Cc2noc(C(=O)NCCNC(=O)Cn3nc([N+](=O)[O-])cc3C)n2)c(C)c1I. The monoisotopic (exact) mass is 557 g/mol. The van der Waals surface area contributed by atoms with Crippen LogP contribution in [0.15, 0.2) is 10.6 Å². The highest BCUT2D eigenvalue weighted by Gasteiger charge is 2.19. The maximum atomic E-state index is 12.2. The zero-order chi connectivity index (χ0) is 23.4. The fourth-order valence-electron chi connectivity index (χ4n) is 2.76. The molecule has 0 unspecified atom stereocenters. The zero-order valence-electron chi connectivity index (χ0n) is 17.5. The fraction of sp³-hybridized carbons (Fsp3) is 0.412. The Morgan fingerprint density at radius 2 is 1.91 bits per heavy atom. The average molecular weight is 557 g/mol. The van der Waals surface area contributed by atoms with Crippen LogP contribution in [0, 0.1) is 34.5 Å². The molecule has 3 aromatic heterocycles. The van der Waals surface area contributed by atoms with Gasteiger partial charge in [-0.2, -0.15) is 14.8 Å². The minimum Gasteiger partial charge on any atom is -0.358 e. The Bertz CT molecular complexity index is 1170. The maximum Gasteiger partial charge on any atom is 0.390 e. The van der Waals surface area contributed by atoms with Crippen LogP contribution in [0.3, 0.4) is 0 Å². The highest BCUT2D eigenvalue weighted by Crippen LogP contribution is 2.16. The number of nitro groups is 1. The first-order valence-corrected chi connectivity index (χ1v) is 10.5. The number of hydrogen-bond donors (Lipinski definition) is 2. The van der Waals surface area contributed by atoms with Gasteiger partial charge in [-0.3, -0.25) is 14.3 Å². The second-order valence-electron chi connectivity index (χ2n) is 6.82. The van der Waals surface area contributed by atoms with Crippen LogP contribution in [0.1, 0.15) is 33.6 Å². The summed E-state index contributed by atoms with van der Waals surface area (Å²) in [4.78, 5) is 38.3. The molecule has 170 valence electrons. The Labute approximate surface area is 195 Å². The van der Waals surface area contributed by atoms with E-state index in [1.165, 1.54) is 10.7 Å². The summed E-state index contributed by atoms with van der Waals surface area (Å²) in [5, 5.41) is 27.8. The first-order valence-electron chi connectivity index (χ1n) is 9.41. The molecule has 0 saturated heterocycles. The van der Waals surface area contributed by atoms with Gasteiger partial charge in [-0.25, -0.2) is 0 Å². The number of nitrogens with one attached hydrogen (secondary N) is 2. The Morgan fingerprint density at radius 1 is 1.19 bits per heavy atom. The number of carbonyl (C=O) groups is 2. The third-order valence-corrected chi connectivity index (χ3v) is 5.99. The summed E-state index contributed by atoms with van der Waals surface area (Å²) in [5.74, 6) is -1.18. The van der Waals surface area contributed by atoms with E-state index in [2.05, 4.69) is 53.6 Å². The van der Waals surface area contributed by atoms with Crippen LogP contribution >= 0.6 is 22.6 Å². The van der Waals surface area contributed by atoms with Crippen molar-refractivity contribution in [3.05, 3.63) is 48.5 Å².